The summed E-state index contributed by atoms with van der Waals surface area (Å²) >= 11 is 0. The fraction of sp³-hybridized carbons (Fsp3) is 0.562. The number of fused-ring (bicyclic) bond motifs is 1. The zero-order valence-electron chi connectivity index (χ0n) is 11.9. The van der Waals surface area contributed by atoms with Gasteiger partial charge in [0.05, 0.1) is 0 Å². The van der Waals surface area contributed by atoms with Crippen molar-refractivity contribution in [2.24, 2.45) is 5.92 Å². The molecule has 1 aromatic rings. The third kappa shape index (κ3) is 2.96. The molecule has 1 unspecified atom stereocenters. The van der Waals surface area contributed by atoms with Crippen LogP contribution in [0.5, 0.6) is 0 Å². The van der Waals surface area contributed by atoms with Crippen molar-refractivity contribution in [1.82, 2.24) is 4.90 Å². The Labute approximate surface area is 119 Å². The van der Waals surface area contributed by atoms with Crippen molar-refractivity contribution in [2.45, 2.75) is 38.8 Å². The summed E-state index contributed by atoms with van der Waals surface area (Å²) in [4.78, 5) is 13.5. The Morgan fingerprint density at radius 3 is 3.00 bits per heavy atom. The summed E-state index contributed by atoms with van der Waals surface area (Å²) in [5.41, 5.74) is 3.63. The van der Waals surface area contributed by atoms with Crippen LogP contribution in [0, 0.1) is 5.92 Å². The van der Waals surface area contributed by atoms with Gasteiger partial charge in [-0.05, 0) is 49.3 Å². The second-order valence-electron chi connectivity index (χ2n) is 6.08. The summed E-state index contributed by atoms with van der Waals surface area (Å²) in [6.45, 7) is 5.00. The van der Waals surface area contributed by atoms with E-state index in [9.17, 15) is 4.79 Å². The first-order valence-corrected chi connectivity index (χ1v) is 7.46. The van der Waals surface area contributed by atoms with Gasteiger partial charge in [-0.1, -0.05) is 12.1 Å². The van der Waals surface area contributed by atoms with Crippen LogP contribution in [-0.2, 0) is 17.8 Å². The molecule has 1 fully saturated rings. The molecule has 4 heteroatoms. The molecular weight excluding hydrogens is 252 g/mol. The molecule has 1 heterocycles. The largest absolute Gasteiger partial charge is 0.480 e. The van der Waals surface area contributed by atoms with E-state index in [1.54, 1.807) is 6.92 Å². The van der Waals surface area contributed by atoms with E-state index >= 15 is 0 Å². The van der Waals surface area contributed by atoms with Crippen molar-refractivity contribution < 1.29 is 9.90 Å². The molecule has 1 aliphatic carbocycles. The zero-order chi connectivity index (χ0) is 14.1. The maximum Gasteiger partial charge on any atom is 0.325 e. The van der Waals surface area contributed by atoms with Gasteiger partial charge in [-0.3, -0.25) is 9.69 Å². The average Bonchev–Trinajstić information content (AvgIpc) is 3.22. The SMILES string of the molecule is CC(Nc1cccc2c1CCN(CC1CC1)C2)C(=O)O. The lowest BCUT2D eigenvalue weighted by molar-refractivity contribution is -0.137. The number of rotatable bonds is 5. The summed E-state index contributed by atoms with van der Waals surface area (Å²) in [5.74, 6) is 0.110. The number of carboxylic acid groups (broad SMARTS) is 1. The number of carbonyl (C=O) groups is 1. The normalized spacial score (nSPS) is 20.2. The predicted molar refractivity (Wildman–Crippen MR) is 78.9 cm³/mol. The van der Waals surface area contributed by atoms with Gasteiger partial charge in [0, 0.05) is 25.3 Å². The van der Waals surface area contributed by atoms with Gasteiger partial charge in [0.1, 0.15) is 6.04 Å². The highest BCUT2D eigenvalue weighted by Crippen LogP contribution is 2.32. The Balaban J connectivity index is 1.73. The first-order valence-electron chi connectivity index (χ1n) is 7.46. The van der Waals surface area contributed by atoms with Crippen molar-refractivity contribution in [3.05, 3.63) is 29.3 Å². The molecule has 0 bridgehead atoms. The summed E-state index contributed by atoms with van der Waals surface area (Å²) < 4.78 is 0. The highest BCUT2D eigenvalue weighted by atomic mass is 16.4. The summed E-state index contributed by atoms with van der Waals surface area (Å²) in [7, 11) is 0. The van der Waals surface area contributed by atoms with Gasteiger partial charge in [0.25, 0.3) is 0 Å². The van der Waals surface area contributed by atoms with Crippen LogP contribution in [-0.4, -0.2) is 35.1 Å². The van der Waals surface area contributed by atoms with Crippen molar-refractivity contribution in [2.75, 3.05) is 18.4 Å². The second-order valence-corrected chi connectivity index (χ2v) is 6.08. The van der Waals surface area contributed by atoms with E-state index in [1.165, 1.54) is 30.5 Å². The van der Waals surface area contributed by atoms with Gasteiger partial charge in [-0.15, -0.1) is 0 Å². The van der Waals surface area contributed by atoms with Crippen LogP contribution in [0.4, 0.5) is 5.69 Å². The van der Waals surface area contributed by atoms with Crippen LogP contribution in [0.25, 0.3) is 0 Å². The van der Waals surface area contributed by atoms with Gasteiger partial charge >= 0.3 is 5.97 Å². The van der Waals surface area contributed by atoms with Crippen LogP contribution in [0.2, 0.25) is 0 Å². The van der Waals surface area contributed by atoms with Crippen LogP contribution in [0.15, 0.2) is 18.2 Å². The number of hydrogen-bond acceptors (Lipinski definition) is 3. The minimum atomic E-state index is -0.811. The maximum atomic E-state index is 11.0. The van der Waals surface area contributed by atoms with Crippen LogP contribution in [0.1, 0.15) is 30.9 Å². The third-order valence-electron chi connectivity index (χ3n) is 4.30. The zero-order valence-corrected chi connectivity index (χ0v) is 11.9. The number of nitrogens with zero attached hydrogens (tertiary/aromatic N) is 1. The summed E-state index contributed by atoms with van der Waals surface area (Å²) in [6.07, 6.45) is 3.79. The highest BCUT2D eigenvalue weighted by Gasteiger charge is 2.27. The van der Waals surface area contributed by atoms with Gasteiger partial charge in [-0.2, -0.15) is 0 Å². The Morgan fingerprint density at radius 2 is 2.30 bits per heavy atom. The van der Waals surface area contributed by atoms with Gasteiger partial charge in [-0.25, -0.2) is 0 Å². The molecule has 0 amide bonds. The average molecular weight is 274 g/mol. The van der Waals surface area contributed by atoms with Crippen molar-refractivity contribution in [3.8, 4) is 0 Å². The Bertz CT molecular complexity index is 511. The highest BCUT2D eigenvalue weighted by molar-refractivity contribution is 5.77. The van der Waals surface area contributed by atoms with Crippen molar-refractivity contribution in [1.29, 1.82) is 0 Å². The lowest BCUT2D eigenvalue weighted by Crippen LogP contribution is -2.33. The molecular formula is C16H22N2O2. The minimum Gasteiger partial charge on any atom is -0.480 e. The van der Waals surface area contributed by atoms with E-state index in [-0.39, 0.29) is 0 Å². The predicted octanol–water partition coefficient (Wildman–Crippen LogP) is 2.34. The molecule has 20 heavy (non-hydrogen) atoms. The van der Waals surface area contributed by atoms with Crippen LogP contribution >= 0.6 is 0 Å². The molecule has 1 aromatic carbocycles. The van der Waals surface area contributed by atoms with Crippen molar-refractivity contribution in [3.63, 3.8) is 0 Å². The number of nitrogens with one attached hydrogen (secondary N) is 1. The number of carboxylic acids is 1. The monoisotopic (exact) mass is 274 g/mol. The fourth-order valence-corrected chi connectivity index (χ4v) is 2.92. The topological polar surface area (TPSA) is 52.6 Å². The van der Waals surface area contributed by atoms with Gasteiger partial charge < -0.3 is 10.4 Å². The molecule has 1 atom stereocenters. The second kappa shape index (κ2) is 5.44. The van der Waals surface area contributed by atoms with Gasteiger partial charge in [0.2, 0.25) is 0 Å². The quantitative estimate of drug-likeness (QED) is 0.865. The molecule has 0 spiro atoms. The maximum absolute atomic E-state index is 11.0. The Kier molecular flexibility index (Phi) is 3.66. The van der Waals surface area contributed by atoms with Gasteiger partial charge in [0.15, 0.2) is 0 Å². The molecule has 4 nitrogen and oxygen atoms in total. The lowest BCUT2D eigenvalue weighted by atomic mass is 9.97. The van der Waals surface area contributed by atoms with Crippen LogP contribution < -0.4 is 5.32 Å². The minimum absolute atomic E-state index is 0.550. The van der Waals surface area contributed by atoms with E-state index in [1.807, 2.05) is 12.1 Å². The van der Waals surface area contributed by atoms with E-state index in [0.717, 1.165) is 31.1 Å². The first kappa shape index (κ1) is 13.4. The number of anilines is 1. The Hall–Kier alpha value is -1.55. The Morgan fingerprint density at radius 1 is 1.50 bits per heavy atom. The molecule has 3 rings (SSSR count). The molecule has 2 N–H and O–H groups in total. The molecule has 2 aliphatic rings. The molecule has 0 saturated heterocycles. The lowest BCUT2D eigenvalue weighted by Gasteiger charge is -2.30. The molecule has 0 radical (unpaired) electrons. The number of aliphatic carboxylic acids is 1. The standard InChI is InChI=1S/C16H22N2O2/c1-11(16(19)20)17-15-4-2-3-13-10-18(8-7-14(13)15)9-12-5-6-12/h2-4,11-12,17H,5-10H2,1H3,(H,19,20). The summed E-state index contributed by atoms with van der Waals surface area (Å²) in [5, 5.41) is 12.1. The van der Waals surface area contributed by atoms with E-state index in [2.05, 4.69) is 16.3 Å². The number of benzene rings is 1. The third-order valence-corrected chi connectivity index (χ3v) is 4.30. The van der Waals surface area contributed by atoms with Crippen LogP contribution in [0.3, 0.4) is 0 Å². The molecule has 108 valence electrons. The smallest absolute Gasteiger partial charge is 0.325 e. The van der Waals surface area contributed by atoms with E-state index < -0.39 is 12.0 Å². The first-order chi connectivity index (χ1) is 9.63. The summed E-state index contributed by atoms with van der Waals surface area (Å²) in [6, 6.07) is 5.64. The number of hydrogen-bond donors (Lipinski definition) is 2. The molecule has 1 aliphatic heterocycles. The fourth-order valence-electron chi connectivity index (χ4n) is 2.92. The van der Waals surface area contributed by atoms with E-state index in [0.29, 0.717) is 0 Å². The molecule has 1 saturated carbocycles. The molecule has 0 aromatic heterocycles. The van der Waals surface area contributed by atoms with Crippen molar-refractivity contribution >= 4 is 11.7 Å². The van der Waals surface area contributed by atoms with E-state index in [4.69, 9.17) is 5.11 Å².